The van der Waals surface area contributed by atoms with Crippen molar-refractivity contribution in [1.29, 1.82) is 0 Å². The summed E-state index contributed by atoms with van der Waals surface area (Å²) < 4.78 is 28.4. The maximum Gasteiger partial charge on any atom is 0.270 e. The van der Waals surface area contributed by atoms with Crippen molar-refractivity contribution in [3.63, 3.8) is 0 Å². The zero-order valence-corrected chi connectivity index (χ0v) is 18.3. The van der Waals surface area contributed by atoms with E-state index in [1.165, 1.54) is 34.9 Å². The van der Waals surface area contributed by atoms with Crippen LogP contribution >= 0.6 is 0 Å². The molecule has 0 radical (unpaired) electrons. The Morgan fingerprint density at radius 1 is 0.824 bits per heavy atom. The number of aromatic nitrogens is 2. The monoisotopic (exact) mass is 460 g/mol. The van der Waals surface area contributed by atoms with E-state index in [0.29, 0.717) is 31.8 Å². The average molecular weight is 460 g/mol. The Labute approximate surface area is 194 Å². The molecule has 6 nitrogen and oxygen atoms in total. The van der Waals surface area contributed by atoms with Gasteiger partial charge in [0.1, 0.15) is 22.8 Å². The number of nitrogens with zero attached hydrogens (tertiary/aromatic N) is 4. The molecule has 0 atom stereocenters. The molecule has 34 heavy (non-hydrogen) atoms. The van der Waals surface area contributed by atoms with Gasteiger partial charge in [0.2, 0.25) is 0 Å². The normalized spacial score (nSPS) is 14.6. The van der Waals surface area contributed by atoms with E-state index < -0.39 is 5.56 Å². The summed E-state index contributed by atoms with van der Waals surface area (Å²) in [6.45, 7) is 1.89. The van der Waals surface area contributed by atoms with Gasteiger partial charge in [-0.05, 0) is 47.5 Å². The number of carbonyl (C=O) groups excluding carboxylic acids is 1. The Hall–Kier alpha value is -3.91. The lowest BCUT2D eigenvalue weighted by atomic mass is 9.96. The molecule has 0 saturated carbocycles. The molecule has 1 amide bonds. The summed E-state index contributed by atoms with van der Waals surface area (Å²) in [5.74, 6) is -1.00. The van der Waals surface area contributed by atoms with Crippen LogP contribution in [0.2, 0.25) is 0 Å². The lowest BCUT2D eigenvalue weighted by Crippen LogP contribution is -2.50. The van der Waals surface area contributed by atoms with Crippen molar-refractivity contribution in [2.75, 3.05) is 26.2 Å². The zero-order valence-electron chi connectivity index (χ0n) is 18.3. The van der Waals surface area contributed by atoms with Gasteiger partial charge < -0.3 is 4.90 Å². The van der Waals surface area contributed by atoms with Gasteiger partial charge in [0, 0.05) is 38.6 Å². The van der Waals surface area contributed by atoms with Crippen molar-refractivity contribution >= 4 is 11.6 Å². The maximum absolute atomic E-state index is 13.5. The van der Waals surface area contributed by atoms with Crippen LogP contribution in [0.5, 0.6) is 0 Å². The van der Waals surface area contributed by atoms with E-state index in [4.69, 9.17) is 0 Å². The first-order valence-corrected chi connectivity index (χ1v) is 11.0. The number of benzene rings is 2. The molecule has 8 heteroatoms. The Morgan fingerprint density at radius 3 is 2.00 bits per heavy atom. The van der Waals surface area contributed by atoms with Gasteiger partial charge in [-0.2, -0.15) is 0 Å². The summed E-state index contributed by atoms with van der Waals surface area (Å²) in [6.07, 6.45) is 2.93. The number of hydrogen-bond donors (Lipinski definition) is 0. The minimum atomic E-state index is -0.395. The molecule has 1 aliphatic heterocycles. The summed E-state index contributed by atoms with van der Waals surface area (Å²) in [5.41, 5.74) is 1.88. The molecule has 3 heterocycles. The van der Waals surface area contributed by atoms with E-state index >= 15 is 0 Å². The van der Waals surface area contributed by atoms with Crippen LogP contribution in [0.15, 0.2) is 83.9 Å². The van der Waals surface area contributed by atoms with E-state index in [1.807, 2.05) is 0 Å². The summed E-state index contributed by atoms with van der Waals surface area (Å²) in [4.78, 5) is 34.0. The fourth-order valence-electron chi connectivity index (χ4n) is 4.43. The third-order valence-electron chi connectivity index (χ3n) is 6.18. The Bertz CT molecular complexity index is 1330. The van der Waals surface area contributed by atoms with Crippen molar-refractivity contribution in [1.82, 2.24) is 19.2 Å². The second-order valence-electron chi connectivity index (χ2n) is 8.24. The molecule has 172 valence electrons. The Kier molecular flexibility index (Phi) is 5.90. The number of hydrogen-bond acceptors (Lipinski definition) is 4. The SMILES string of the molecule is O=C(c1cnc2ccccn2c1=O)N1CCN(C(c2ccc(F)cc2)c2ccc(F)cc2)CC1. The van der Waals surface area contributed by atoms with Crippen LogP contribution < -0.4 is 5.56 Å². The number of carbonyl (C=O) groups is 1. The minimum absolute atomic E-state index is 0.0331. The second kappa shape index (κ2) is 9.15. The fourth-order valence-corrected chi connectivity index (χ4v) is 4.43. The predicted molar refractivity (Wildman–Crippen MR) is 124 cm³/mol. The molecule has 0 N–H and O–H groups in total. The molecule has 0 bridgehead atoms. The number of amides is 1. The fraction of sp³-hybridized carbons (Fsp3) is 0.192. The summed E-state index contributed by atoms with van der Waals surface area (Å²) >= 11 is 0. The first-order chi connectivity index (χ1) is 16.5. The van der Waals surface area contributed by atoms with Crippen molar-refractivity contribution in [2.45, 2.75) is 6.04 Å². The third kappa shape index (κ3) is 4.20. The van der Waals surface area contributed by atoms with Gasteiger partial charge in [-0.15, -0.1) is 0 Å². The van der Waals surface area contributed by atoms with Gasteiger partial charge in [0.05, 0.1) is 6.04 Å². The Morgan fingerprint density at radius 2 is 1.41 bits per heavy atom. The summed E-state index contributed by atoms with van der Waals surface area (Å²) in [5, 5.41) is 0. The van der Waals surface area contributed by atoms with E-state index in [2.05, 4.69) is 9.88 Å². The lowest BCUT2D eigenvalue weighted by Gasteiger charge is -2.39. The first-order valence-electron chi connectivity index (χ1n) is 11.0. The number of rotatable bonds is 4. The molecule has 1 saturated heterocycles. The van der Waals surface area contributed by atoms with E-state index in [1.54, 1.807) is 53.6 Å². The van der Waals surface area contributed by atoms with E-state index in [0.717, 1.165) is 11.1 Å². The van der Waals surface area contributed by atoms with Gasteiger partial charge in [-0.1, -0.05) is 30.3 Å². The minimum Gasteiger partial charge on any atom is -0.336 e. The van der Waals surface area contributed by atoms with Crippen LogP contribution in [-0.4, -0.2) is 51.3 Å². The third-order valence-corrected chi connectivity index (χ3v) is 6.18. The highest BCUT2D eigenvalue weighted by Crippen LogP contribution is 2.30. The Balaban J connectivity index is 1.37. The molecule has 1 fully saturated rings. The molecule has 4 aromatic rings. The molecule has 2 aromatic heterocycles. The quantitative estimate of drug-likeness (QED) is 0.468. The molecule has 0 spiro atoms. The lowest BCUT2D eigenvalue weighted by molar-refractivity contribution is 0.0595. The molecular weight excluding hydrogens is 438 g/mol. The van der Waals surface area contributed by atoms with Crippen LogP contribution in [-0.2, 0) is 0 Å². The van der Waals surface area contributed by atoms with Crippen LogP contribution in [0.3, 0.4) is 0 Å². The first kappa shape index (κ1) is 21.9. The average Bonchev–Trinajstić information content (AvgIpc) is 2.87. The van der Waals surface area contributed by atoms with Crippen molar-refractivity contribution in [3.05, 3.63) is 118 Å². The van der Waals surface area contributed by atoms with E-state index in [9.17, 15) is 18.4 Å². The predicted octanol–water partition coefficient (Wildman–Crippen LogP) is 3.52. The van der Waals surface area contributed by atoms with Crippen LogP contribution in [0.25, 0.3) is 5.65 Å². The van der Waals surface area contributed by atoms with Gasteiger partial charge in [0.15, 0.2) is 0 Å². The van der Waals surface area contributed by atoms with Crippen LogP contribution in [0, 0.1) is 11.6 Å². The van der Waals surface area contributed by atoms with Gasteiger partial charge in [0.25, 0.3) is 11.5 Å². The molecule has 1 aliphatic rings. The second-order valence-corrected chi connectivity index (χ2v) is 8.24. The van der Waals surface area contributed by atoms with Crippen LogP contribution in [0.4, 0.5) is 8.78 Å². The highest BCUT2D eigenvalue weighted by atomic mass is 19.1. The molecule has 0 unspecified atom stereocenters. The van der Waals surface area contributed by atoms with Gasteiger partial charge in [-0.3, -0.25) is 18.9 Å². The smallest absolute Gasteiger partial charge is 0.270 e. The summed E-state index contributed by atoms with van der Waals surface area (Å²) in [6, 6.07) is 17.5. The van der Waals surface area contributed by atoms with E-state index in [-0.39, 0.29) is 29.1 Å². The highest BCUT2D eigenvalue weighted by Gasteiger charge is 2.29. The van der Waals surface area contributed by atoms with Gasteiger partial charge >= 0.3 is 0 Å². The summed E-state index contributed by atoms with van der Waals surface area (Å²) in [7, 11) is 0. The largest absolute Gasteiger partial charge is 0.336 e. The number of fused-ring (bicyclic) bond motifs is 1. The number of pyridine rings is 1. The standard InChI is InChI=1S/C26H22F2N4O2/c27-20-8-4-18(5-9-20)24(19-6-10-21(28)11-7-19)30-13-15-31(16-14-30)25(33)22-17-29-23-3-1-2-12-32(23)26(22)34/h1-12,17,24H,13-16H2. The molecule has 2 aromatic carbocycles. The van der Waals surface area contributed by atoms with Crippen molar-refractivity contribution < 1.29 is 13.6 Å². The molecular formula is C26H22F2N4O2. The van der Waals surface area contributed by atoms with Crippen molar-refractivity contribution in [3.8, 4) is 0 Å². The van der Waals surface area contributed by atoms with Crippen molar-refractivity contribution in [2.24, 2.45) is 0 Å². The molecule has 0 aliphatic carbocycles. The zero-order chi connectivity index (χ0) is 23.7. The highest BCUT2D eigenvalue weighted by molar-refractivity contribution is 5.93. The number of piperazine rings is 1. The molecule has 5 rings (SSSR count). The number of halogens is 2. The topological polar surface area (TPSA) is 57.9 Å². The van der Waals surface area contributed by atoms with Gasteiger partial charge in [-0.25, -0.2) is 13.8 Å². The van der Waals surface area contributed by atoms with Crippen LogP contribution in [0.1, 0.15) is 27.5 Å². The maximum atomic E-state index is 13.5.